The number of nitrogens with zero attached hydrogens (tertiary/aromatic N) is 3. The van der Waals surface area contributed by atoms with Crippen molar-refractivity contribution in [1.29, 1.82) is 0 Å². The normalized spacial score (nSPS) is 17.1. The SMILES string of the molecule is Cc1ccc(-c2noc([C@H]3CCCN(C(=O)c4ccc(F)cc4)C3)n2)cc1. The standard InChI is InChI=1S/C21H20FN3O2/c1-14-4-6-15(7-5-14)19-23-20(27-24-19)17-3-2-12-25(13-17)21(26)16-8-10-18(22)11-9-16/h4-11,17H,2-3,12-13H2,1H3/t17-/m0/s1. The Labute approximate surface area is 156 Å². The van der Waals surface area contributed by atoms with Crippen LogP contribution in [0, 0.1) is 12.7 Å². The summed E-state index contributed by atoms with van der Waals surface area (Å²) in [6, 6.07) is 13.6. The first-order valence-corrected chi connectivity index (χ1v) is 9.05. The van der Waals surface area contributed by atoms with Crippen molar-refractivity contribution >= 4 is 5.91 Å². The van der Waals surface area contributed by atoms with E-state index in [1.807, 2.05) is 31.2 Å². The van der Waals surface area contributed by atoms with E-state index in [1.54, 1.807) is 4.90 Å². The lowest BCUT2D eigenvalue weighted by Gasteiger charge is -2.31. The van der Waals surface area contributed by atoms with E-state index in [0.717, 1.165) is 18.4 Å². The number of halogens is 1. The van der Waals surface area contributed by atoms with Crippen LogP contribution >= 0.6 is 0 Å². The molecule has 6 heteroatoms. The Morgan fingerprint density at radius 1 is 1.15 bits per heavy atom. The molecule has 0 bridgehead atoms. The van der Waals surface area contributed by atoms with Crippen LogP contribution in [0.3, 0.4) is 0 Å². The van der Waals surface area contributed by atoms with Gasteiger partial charge in [0.2, 0.25) is 11.7 Å². The summed E-state index contributed by atoms with van der Waals surface area (Å²) in [6.07, 6.45) is 1.75. The third-order valence-corrected chi connectivity index (χ3v) is 4.90. The van der Waals surface area contributed by atoms with Crippen LogP contribution in [-0.2, 0) is 0 Å². The van der Waals surface area contributed by atoms with E-state index in [0.29, 0.717) is 30.4 Å². The summed E-state index contributed by atoms with van der Waals surface area (Å²) in [7, 11) is 0. The first kappa shape index (κ1) is 17.4. The second kappa shape index (κ2) is 7.31. The molecule has 1 amide bonds. The minimum absolute atomic E-state index is 0.00912. The van der Waals surface area contributed by atoms with Crippen molar-refractivity contribution in [2.75, 3.05) is 13.1 Å². The minimum atomic E-state index is -0.349. The first-order valence-electron chi connectivity index (χ1n) is 9.05. The molecular weight excluding hydrogens is 345 g/mol. The van der Waals surface area contributed by atoms with E-state index in [4.69, 9.17) is 4.52 Å². The van der Waals surface area contributed by atoms with Gasteiger partial charge in [-0.1, -0.05) is 35.0 Å². The number of aromatic nitrogens is 2. The van der Waals surface area contributed by atoms with Gasteiger partial charge in [0, 0.05) is 24.2 Å². The van der Waals surface area contributed by atoms with Crippen LogP contribution in [0.1, 0.15) is 40.6 Å². The van der Waals surface area contributed by atoms with Gasteiger partial charge in [0.25, 0.3) is 5.91 Å². The van der Waals surface area contributed by atoms with Gasteiger partial charge in [-0.3, -0.25) is 4.79 Å². The highest BCUT2D eigenvalue weighted by Crippen LogP contribution is 2.28. The van der Waals surface area contributed by atoms with E-state index in [2.05, 4.69) is 10.1 Å². The van der Waals surface area contributed by atoms with E-state index in [1.165, 1.54) is 29.8 Å². The fourth-order valence-electron chi connectivity index (χ4n) is 3.36. The number of piperidine rings is 1. The average Bonchev–Trinajstić information content (AvgIpc) is 3.19. The molecule has 138 valence electrons. The number of amides is 1. The third kappa shape index (κ3) is 3.74. The Balaban J connectivity index is 1.49. The molecule has 5 nitrogen and oxygen atoms in total. The molecule has 2 heterocycles. The summed E-state index contributed by atoms with van der Waals surface area (Å²) in [5, 5.41) is 4.10. The molecule has 2 aromatic carbocycles. The van der Waals surface area contributed by atoms with Crippen LogP contribution < -0.4 is 0 Å². The molecule has 0 radical (unpaired) electrons. The molecule has 0 N–H and O–H groups in total. The van der Waals surface area contributed by atoms with Gasteiger partial charge >= 0.3 is 0 Å². The Kier molecular flexibility index (Phi) is 4.71. The number of carbonyl (C=O) groups is 1. The molecule has 1 aliphatic heterocycles. The number of likely N-dealkylation sites (tertiary alicyclic amines) is 1. The molecule has 1 atom stereocenters. The largest absolute Gasteiger partial charge is 0.339 e. The Bertz CT molecular complexity index is 935. The summed E-state index contributed by atoms with van der Waals surface area (Å²) < 4.78 is 18.6. The predicted octanol–water partition coefficient (Wildman–Crippen LogP) is 4.20. The second-order valence-electron chi connectivity index (χ2n) is 6.92. The fraction of sp³-hybridized carbons (Fsp3) is 0.286. The second-order valence-corrected chi connectivity index (χ2v) is 6.92. The van der Waals surface area contributed by atoms with E-state index >= 15 is 0 Å². The number of hydrogen-bond acceptors (Lipinski definition) is 4. The van der Waals surface area contributed by atoms with Gasteiger partial charge in [-0.2, -0.15) is 4.98 Å². The molecule has 1 fully saturated rings. The zero-order chi connectivity index (χ0) is 18.8. The van der Waals surface area contributed by atoms with Gasteiger partial charge in [-0.25, -0.2) is 4.39 Å². The highest BCUT2D eigenvalue weighted by molar-refractivity contribution is 5.94. The third-order valence-electron chi connectivity index (χ3n) is 4.90. The summed E-state index contributed by atoms with van der Waals surface area (Å²) in [6.45, 7) is 3.22. The average molecular weight is 365 g/mol. The van der Waals surface area contributed by atoms with Crippen LogP contribution in [0.2, 0.25) is 0 Å². The van der Waals surface area contributed by atoms with Gasteiger partial charge in [0.15, 0.2) is 0 Å². The minimum Gasteiger partial charge on any atom is -0.339 e. The lowest BCUT2D eigenvalue weighted by Crippen LogP contribution is -2.39. The van der Waals surface area contributed by atoms with Gasteiger partial charge in [0.1, 0.15) is 5.82 Å². The molecule has 4 rings (SSSR count). The molecule has 1 aliphatic rings. The zero-order valence-electron chi connectivity index (χ0n) is 15.1. The number of carbonyl (C=O) groups excluding carboxylic acids is 1. The monoisotopic (exact) mass is 365 g/mol. The summed E-state index contributed by atoms with van der Waals surface area (Å²) in [5.74, 6) is 0.680. The van der Waals surface area contributed by atoms with E-state index < -0.39 is 0 Å². The maximum absolute atomic E-state index is 13.1. The van der Waals surface area contributed by atoms with E-state index in [-0.39, 0.29) is 17.6 Å². The van der Waals surface area contributed by atoms with Gasteiger partial charge in [-0.15, -0.1) is 0 Å². The molecule has 27 heavy (non-hydrogen) atoms. The summed E-state index contributed by atoms with van der Waals surface area (Å²) >= 11 is 0. The number of hydrogen-bond donors (Lipinski definition) is 0. The molecule has 3 aromatic rings. The van der Waals surface area contributed by atoms with Crippen molar-refractivity contribution in [1.82, 2.24) is 15.0 Å². The van der Waals surface area contributed by atoms with Crippen molar-refractivity contribution in [3.63, 3.8) is 0 Å². The van der Waals surface area contributed by atoms with Crippen LogP contribution in [-0.4, -0.2) is 34.0 Å². The van der Waals surface area contributed by atoms with Crippen LogP contribution in [0.4, 0.5) is 4.39 Å². The molecule has 0 saturated carbocycles. The summed E-state index contributed by atoms with van der Waals surface area (Å²) in [5.41, 5.74) is 2.57. The maximum Gasteiger partial charge on any atom is 0.253 e. The first-order chi connectivity index (χ1) is 13.1. The fourth-order valence-corrected chi connectivity index (χ4v) is 3.36. The lowest BCUT2D eigenvalue weighted by atomic mass is 9.97. The molecule has 0 aliphatic carbocycles. The predicted molar refractivity (Wildman–Crippen MR) is 98.7 cm³/mol. The van der Waals surface area contributed by atoms with Crippen molar-refractivity contribution in [3.8, 4) is 11.4 Å². The molecule has 1 aromatic heterocycles. The van der Waals surface area contributed by atoms with Crippen molar-refractivity contribution in [2.45, 2.75) is 25.7 Å². The van der Waals surface area contributed by atoms with Gasteiger partial charge in [0.05, 0.1) is 5.92 Å². The Hall–Kier alpha value is -3.02. The van der Waals surface area contributed by atoms with Gasteiger partial charge in [-0.05, 0) is 44.0 Å². The summed E-state index contributed by atoms with van der Waals surface area (Å²) in [4.78, 5) is 19.0. The van der Waals surface area contributed by atoms with Crippen molar-refractivity contribution in [3.05, 3.63) is 71.4 Å². The van der Waals surface area contributed by atoms with E-state index in [9.17, 15) is 9.18 Å². The Morgan fingerprint density at radius 2 is 1.89 bits per heavy atom. The molecular formula is C21H20FN3O2. The molecule has 1 saturated heterocycles. The number of rotatable bonds is 3. The zero-order valence-corrected chi connectivity index (χ0v) is 15.1. The lowest BCUT2D eigenvalue weighted by molar-refractivity contribution is 0.0695. The number of aryl methyl sites for hydroxylation is 1. The van der Waals surface area contributed by atoms with Crippen LogP contribution in [0.25, 0.3) is 11.4 Å². The Morgan fingerprint density at radius 3 is 2.63 bits per heavy atom. The highest BCUT2D eigenvalue weighted by Gasteiger charge is 2.29. The van der Waals surface area contributed by atoms with Crippen LogP contribution in [0.5, 0.6) is 0 Å². The topological polar surface area (TPSA) is 59.2 Å². The smallest absolute Gasteiger partial charge is 0.253 e. The molecule has 0 spiro atoms. The quantitative estimate of drug-likeness (QED) is 0.698. The maximum atomic E-state index is 13.1. The van der Waals surface area contributed by atoms with Crippen molar-refractivity contribution < 1.29 is 13.7 Å². The highest BCUT2D eigenvalue weighted by atomic mass is 19.1. The molecule has 0 unspecified atom stereocenters. The van der Waals surface area contributed by atoms with Crippen LogP contribution in [0.15, 0.2) is 53.1 Å². The number of benzene rings is 2. The van der Waals surface area contributed by atoms with Crippen molar-refractivity contribution in [2.24, 2.45) is 0 Å². The van der Waals surface area contributed by atoms with Gasteiger partial charge < -0.3 is 9.42 Å².